The van der Waals surface area contributed by atoms with Gasteiger partial charge in [-0.05, 0) is 50.6 Å². The molecule has 0 aromatic heterocycles. The number of benzene rings is 3. The van der Waals surface area contributed by atoms with Crippen molar-refractivity contribution in [2.24, 2.45) is 0 Å². The zero-order valence-corrected chi connectivity index (χ0v) is 16.9. The lowest BCUT2D eigenvalue weighted by Gasteiger charge is -2.36. The molecule has 0 radical (unpaired) electrons. The fourth-order valence-corrected chi connectivity index (χ4v) is 4.69. The summed E-state index contributed by atoms with van der Waals surface area (Å²) in [6.07, 6.45) is 0. The van der Waals surface area contributed by atoms with E-state index >= 15 is 0 Å². The standard InChI is InChI=1S/C25H23NO3/c1-4-26(5-2)17-14-16(3)23-20(15-17)25(29-24(23)27)18-10-6-8-12-21(18)28-22-13-9-7-11-19(22)25/h6-15H,4-5H2,1-3H3. The van der Waals surface area contributed by atoms with Gasteiger partial charge in [0.25, 0.3) is 0 Å². The molecule has 2 aliphatic rings. The molecule has 4 heteroatoms. The Labute approximate surface area is 170 Å². The smallest absolute Gasteiger partial charge is 0.340 e. The van der Waals surface area contributed by atoms with E-state index < -0.39 is 5.60 Å². The van der Waals surface area contributed by atoms with E-state index in [1.807, 2.05) is 55.5 Å². The second-order valence-corrected chi connectivity index (χ2v) is 7.52. The van der Waals surface area contributed by atoms with Gasteiger partial charge in [0.15, 0.2) is 5.60 Å². The van der Waals surface area contributed by atoms with Crippen molar-refractivity contribution in [2.45, 2.75) is 26.4 Å². The molecule has 0 saturated carbocycles. The molecule has 29 heavy (non-hydrogen) atoms. The molecule has 0 atom stereocenters. The maximum atomic E-state index is 13.1. The quantitative estimate of drug-likeness (QED) is 0.565. The number of hydrogen-bond donors (Lipinski definition) is 0. The number of hydrogen-bond acceptors (Lipinski definition) is 4. The van der Waals surface area contributed by atoms with E-state index in [0.717, 1.165) is 52.5 Å². The van der Waals surface area contributed by atoms with Gasteiger partial charge in [0.2, 0.25) is 0 Å². The number of ether oxygens (including phenoxy) is 2. The zero-order valence-electron chi connectivity index (χ0n) is 16.9. The van der Waals surface area contributed by atoms with Gasteiger partial charge < -0.3 is 14.4 Å². The number of carbonyl (C=O) groups excluding carboxylic acids is 1. The molecular formula is C25H23NO3. The molecule has 0 aliphatic carbocycles. The van der Waals surface area contributed by atoms with Crippen molar-refractivity contribution in [2.75, 3.05) is 18.0 Å². The monoisotopic (exact) mass is 385 g/mol. The molecular weight excluding hydrogens is 362 g/mol. The Balaban J connectivity index is 1.87. The number of carbonyl (C=O) groups is 1. The molecule has 3 aromatic carbocycles. The summed E-state index contributed by atoms with van der Waals surface area (Å²) in [6.45, 7) is 8.06. The fraction of sp³-hybridized carbons (Fsp3) is 0.240. The van der Waals surface area contributed by atoms with Crippen LogP contribution < -0.4 is 9.64 Å². The van der Waals surface area contributed by atoms with Crippen molar-refractivity contribution in [1.29, 1.82) is 0 Å². The number of fused-ring (bicyclic) bond motifs is 6. The molecule has 2 aliphatic heterocycles. The first-order valence-corrected chi connectivity index (χ1v) is 10.1. The van der Waals surface area contributed by atoms with E-state index in [-0.39, 0.29) is 5.97 Å². The summed E-state index contributed by atoms with van der Waals surface area (Å²) in [5.74, 6) is 1.16. The maximum absolute atomic E-state index is 13.1. The number of nitrogens with zero attached hydrogens (tertiary/aromatic N) is 1. The van der Waals surface area contributed by atoms with Gasteiger partial charge in [0.05, 0.1) is 5.56 Å². The summed E-state index contributed by atoms with van der Waals surface area (Å²) in [6, 6.07) is 19.9. The lowest BCUT2D eigenvalue weighted by Crippen LogP contribution is -2.33. The average Bonchev–Trinajstić information content (AvgIpc) is 3.03. The fourth-order valence-electron chi connectivity index (χ4n) is 4.69. The van der Waals surface area contributed by atoms with Gasteiger partial charge in [-0.2, -0.15) is 0 Å². The van der Waals surface area contributed by atoms with Gasteiger partial charge in [0.1, 0.15) is 11.5 Å². The third kappa shape index (κ3) is 2.35. The number of para-hydroxylation sites is 2. The summed E-state index contributed by atoms with van der Waals surface area (Å²) >= 11 is 0. The lowest BCUT2D eigenvalue weighted by molar-refractivity contribution is 0.0224. The van der Waals surface area contributed by atoms with Crippen molar-refractivity contribution in [3.63, 3.8) is 0 Å². The third-order valence-electron chi connectivity index (χ3n) is 6.03. The van der Waals surface area contributed by atoms with Crippen molar-refractivity contribution >= 4 is 11.7 Å². The Bertz CT molecular complexity index is 1090. The van der Waals surface area contributed by atoms with Crippen LogP contribution in [0, 0.1) is 6.92 Å². The molecule has 0 unspecified atom stereocenters. The van der Waals surface area contributed by atoms with Crippen LogP contribution in [0.5, 0.6) is 11.5 Å². The molecule has 2 heterocycles. The van der Waals surface area contributed by atoms with Crippen LogP contribution in [0.4, 0.5) is 5.69 Å². The maximum Gasteiger partial charge on any atom is 0.340 e. The number of anilines is 1. The molecule has 3 aromatic rings. The average molecular weight is 385 g/mol. The van der Waals surface area contributed by atoms with Crippen LogP contribution in [-0.4, -0.2) is 19.1 Å². The molecule has 0 amide bonds. The van der Waals surface area contributed by atoms with E-state index in [1.165, 1.54) is 0 Å². The largest absolute Gasteiger partial charge is 0.456 e. The minimum atomic E-state index is -0.994. The van der Waals surface area contributed by atoms with Crippen molar-refractivity contribution in [3.05, 3.63) is 88.5 Å². The van der Waals surface area contributed by atoms with E-state index in [0.29, 0.717) is 5.56 Å². The van der Waals surface area contributed by atoms with Gasteiger partial charge in [-0.1, -0.05) is 36.4 Å². The highest BCUT2D eigenvalue weighted by atomic mass is 16.6. The Morgan fingerprint density at radius 1 is 0.862 bits per heavy atom. The van der Waals surface area contributed by atoms with Gasteiger partial charge in [-0.25, -0.2) is 4.79 Å². The van der Waals surface area contributed by atoms with Crippen molar-refractivity contribution in [3.8, 4) is 11.5 Å². The highest BCUT2D eigenvalue weighted by molar-refractivity contribution is 5.99. The summed E-state index contributed by atoms with van der Waals surface area (Å²) < 4.78 is 12.4. The number of aryl methyl sites for hydroxylation is 1. The van der Waals surface area contributed by atoms with Crippen LogP contribution in [0.2, 0.25) is 0 Å². The molecule has 0 fully saturated rings. The van der Waals surface area contributed by atoms with E-state index in [1.54, 1.807) is 0 Å². The molecule has 4 nitrogen and oxygen atoms in total. The van der Waals surface area contributed by atoms with Crippen LogP contribution in [0.1, 0.15) is 46.5 Å². The van der Waals surface area contributed by atoms with E-state index in [2.05, 4.69) is 30.9 Å². The first-order valence-electron chi connectivity index (χ1n) is 10.1. The van der Waals surface area contributed by atoms with E-state index in [4.69, 9.17) is 9.47 Å². The highest BCUT2D eigenvalue weighted by Gasteiger charge is 2.54. The molecule has 0 saturated heterocycles. The van der Waals surface area contributed by atoms with Gasteiger partial charge in [-0.15, -0.1) is 0 Å². The predicted molar refractivity (Wildman–Crippen MR) is 113 cm³/mol. The first kappa shape index (κ1) is 17.8. The Kier molecular flexibility index (Phi) is 3.91. The number of rotatable bonds is 3. The summed E-state index contributed by atoms with van der Waals surface area (Å²) in [5.41, 5.74) is 4.33. The van der Waals surface area contributed by atoms with Gasteiger partial charge >= 0.3 is 5.97 Å². The SMILES string of the molecule is CCN(CC)c1cc(C)c2c(c1)C1(OC2=O)c2ccccc2Oc2ccccc21. The summed E-state index contributed by atoms with van der Waals surface area (Å²) in [7, 11) is 0. The first-order chi connectivity index (χ1) is 14.1. The Hall–Kier alpha value is -3.27. The van der Waals surface area contributed by atoms with Crippen LogP contribution in [0.15, 0.2) is 60.7 Å². The summed E-state index contributed by atoms with van der Waals surface area (Å²) in [4.78, 5) is 15.4. The van der Waals surface area contributed by atoms with Crippen LogP contribution in [0.3, 0.4) is 0 Å². The second kappa shape index (κ2) is 6.38. The molecule has 0 N–H and O–H groups in total. The minimum absolute atomic E-state index is 0.282. The summed E-state index contributed by atoms with van der Waals surface area (Å²) in [5, 5.41) is 0. The normalized spacial score (nSPS) is 15.2. The Morgan fingerprint density at radius 3 is 2.03 bits per heavy atom. The van der Waals surface area contributed by atoms with E-state index in [9.17, 15) is 4.79 Å². The topological polar surface area (TPSA) is 38.8 Å². The van der Waals surface area contributed by atoms with Crippen molar-refractivity contribution < 1.29 is 14.3 Å². The third-order valence-corrected chi connectivity index (χ3v) is 6.03. The predicted octanol–water partition coefficient (Wildman–Crippen LogP) is 5.41. The molecule has 146 valence electrons. The molecule has 1 spiro atoms. The second-order valence-electron chi connectivity index (χ2n) is 7.52. The Morgan fingerprint density at radius 2 is 1.45 bits per heavy atom. The van der Waals surface area contributed by atoms with Crippen molar-refractivity contribution in [1.82, 2.24) is 0 Å². The van der Waals surface area contributed by atoms with Gasteiger partial charge in [0, 0.05) is 35.5 Å². The zero-order chi connectivity index (χ0) is 20.2. The van der Waals surface area contributed by atoms with Crippen LogP contribution >= 0.6 is 0 Å². The van der Waals surface area contributed by atoms with Gasteiger partial charge in [-0.3, -0.25) is 0 Å². The molecule has 5 rings (SSSR count). The lowest BCUT2D eigenvalue weighted by atomic mass is 9.77. The van der Waals surface area contributed by atoms with Crippen LogP contribution in [-0.2, 0) is 10.3 Å². The number of esters is 1. The minimum Gasteiger partial charge on any atom is -0.456 e. The molecule has 0 bridgehead atoms. The highest BCUT2D eigenvalue weighted by Crippen LogP contribution is 2.56. The van der Waals surface area contributed by atoms with Crippen LogP contribution in [0.25, 0.3) is 0 Å².